The Morgan fingerprint density at radius 1 is 1.15 bits per heavy atom. The van der Waals surface area contributed by atoms with Gasteiger partial charge >= 0.3 is 0 Å². The van der Waals surface area contributed by atoms with Gasteiger partial charge in [0.25, 0.3) is 5.91 Å². The highest BCUT2D eigenvalue weighted by Gasteiger charge is 2.07. The molecule has 0 aliphatic heterocycles. The van der Waals surface area contributed by atoms with Crippen molar-refractivity contribution in [2.75, 3.05) is 20.2 Å². The van der Waals surface area contributed by atoms with E-state index in [0.29, 0.717) is 21.9 Å². The van der Waals surface area contributed by atoms with Gasteiger partial charge in [0.1, 0.15) is 11.6 Å². The Balaban J connectivity index is 1.80. The van der Waals surface area contributed by atoms with Crippen molar-refractivity contribution < 1.29 is 18.7 Å². The Morgan fingerprint density at radius 2 is 1.89 bits per heavy atom. The van der Waals surface area contributed by atoms with Crippen molar-refractivity contribution in [3.8, 4) is 5.75 Å². The van der Waals surface area contributed by atoms with Gasteiger partial charge in [-0.3, -0.25) is 9.59 Å². The summed E-state index contributed by atoms with van der Waals surface area (Å²) in [6, 6.07) is 9.37. The number of ether oxygens (including phenoxy) is 1. The molecule has 142 valence electrons. The second-order valence-corrected chi connectivity index (χ2v) is 6.17. The first-order chi connectivity index (χ1) is 12.9. The largest absolute Gasteiger partial charge is 0.496 e. The van der Waals surface area contributed by atoms with E-state index in [1.807, 2.05) is 0 Å². The predicted octanol–water partition coefficient (Wildman–Crippen LogP) is 3.36. The topological polar surface area (TPSA) is 67.4 Å². The van der Waals surface area contributed by atoms with Crippen LogP contribution in [0.5, 0.6) is 5.75 Å². The van der Waals surface area contributed by atoms with Crippen molar-refractivity contribution in [3.05, 3.63) is 70.0 Å². The van der Waals surface area contributed by atoms with E-state index < -0.39 is 11.7 Å². The first-order valence-electron chi connectivity index (χ1n) is 8.24. The molecule has 0 saturated carbocycles. The molecular weight excluding hydrogens is 371 g/mol. The highest BCUT2D eigenvalue weighted by atomic mass is 35.5. The standard InChI is InChI=1S/C20H20ClFN2O3/c1-13-3-4-15(12-17(13)22)20(26)24-10-9-23-19(25)8-5-14-11-16(21)6-7-18(14)27-2/h3-8,11-12H,9-10H2,1-2H3,(H,23,25)(H,24,26)/b8-5+. The number of carbonyl (C=O) groups is 2. The third kappa shape index (κ3) is 6.11. The zero-order valence-corrected chi connectivity index (χ0v) is 15.8. The molecule has 0 heterocycles. The van der Waals surface area contributed by atoms with Gasteiger partial charge in [-0.05, 0) is 48.9 Å². The highest BCUT2D eigenvalue weighted by Crippen LogP contribution is 2.23. The number of halogens is 2. The van der Waals surface area contributed by atoms with Crippen LogP contribution in [0.15, 0.2) is 42.5 Å². The smallest absolute Gasteiger partial charge is 0.251 e. The molecule has 0 aromatic heterocycles. The molecule has 7 heteroatoms. The fourth-order valence-corrected chi connectivity index (χ4v) is 2.44. The number of hydrogen-bond donors (Lipinski definition) is 2. The maximum atomic E-state index is 13.5. The van der Waals surface area contributed by atoms with E-state index in [9.17, 15) is 14.0 Å². The van der Waals surface area contributed by atoms with Crippen LogP contribution >= 0.6 is 11.6 Å². The summed E-state index contributed by atoms with van der Waals surface area (Å²) in [5.41, 5.74) is 1.38. The zero-order chi connectivity index (χ0) is 19.8. The maximum absolute atomic E-state index is 13.5. The van der Waals surface area contributed by atoms with Crippen LogP contribution in [0.2, 0.25) is 5.02 Å². The number of rotatable bonds is 7. The Morgan fingerprint density at radius 3 is 2.59 bits per heavy atom. The van der Waals surface area contributed by atoms with Gasteiger partial charge in [-0.25, -0.2) is 4.39 Å². The Hall–Kier alpha value is -2.86. The number of aryl methyl sites for hydroxylation is 1. The second kappa shape index (κ2) is 9.73. The van der Waals surface area contributed by atoms with Gasteiger partial charge in [0.05, 0.1) is 7.11 Å². The van der Waals surface area contributed by atoms with E-state index >= 15 is 0 Å². The normalized spacial score (nSPS) is 10.7. The Labute approximate surface area is 162 Å². The first kappa shape index (κ1) is 20.5. The fourth-order valence-electron chi connectivity index (χ4n) is 2.26. The van der Waals surface area contributed by atoms with Gasteiger partial charge in [0.2, 0.25) is 5.91 Å². The zero-order valence-electron chi connectivity index (χ0n) is 15.0. The van der Waals surface area contributed by atoms with Crippen molar-refractivity contribution in [2.45, 2.75) is 6.92 Å². The average Bonchev–Trinajstić information content (AvgIpc) is 2.65. The van der Waals surface area contributed by atoms with Crippen molar-refractivity contribution in [3.63, 3.8) is 0 Å². The number of nitrogens with one attached hydrogen (secondary N) is 2. The third-order valence-corrected chi connectivity index (χ3v) is 3.98. The summed E-state index contributed by atoms with van der Waals surface area (Å²) in [5.74, 6) is -0.561. The number of benzene rings is 2. The lowest BCUT2D eigenvalue weighted by Gasteiger charge is -2.07. The minimum atomic E-state index is -0.433. The van der Waals surface area contributed by atoms with Gasteiger partial charge in [-0.1, -0.05) is 17.7 Å². The molecule has 2 aromatic rings. The SMILES string of the molecule is COc1ccc(Cl)cc1/C=C/C(=O)NCCNC(=O)c1ccc(C)c(F)c1. The van der Waals surface area contributed by atoms with Crippen LogP contribution in [0.25, 0.3) is 6.08 Å². The minimum Gasteiger partial charge on any atom is -0.496 e. The molecule has 2 amide bonds. The molecule has 2 aromatic carbocycles. The summed E-state index contributed by atoms with van der Waals surface area (Å²) in [5, 5.41) is 5.80. The van der Waals surface area contributed by atoms with Gasteiger partial charge in [-0.2, -0.15) is 0 Å². The Bertz CT molecular complexity index is 868. The molecule has 5 nitrogen and oxygen atoms in total. The summed E-state index contributed by atoms with van der Waals surface area (Å²) in [6.07, 6.45) is 2.94. The van der Waals surface area contributed by atoms with Crippen LogP contribution in [0.3, 0.4) is 0 Å². The molecule has 0 saturated heterocycles. The van der Waals surface area contributed by atoms with E-state index in [4.69, 9.17) is 16.3 Å². The molecule has 0 unspecified atom stereocenters. The highest BCUT2D eigenvalue weighted by molar-refractivity contribution is 6.30. The molecule has 0 aliphatic rings. The van der Waals surface area contributed by atoms with E-state index in [1.165, 1.54) is 19.3 Å². The quantitative estimate of drug-likeness (QED) is 0.562. The molecule has 0 spiro atoms. The van der Waals surface area contributed by atoms with Crippen LogP contribution < -0.4 is 15.4 Å². The fraction of sp³-hybridized carbons (Fsp3) is 0.200. The lowest BCUT2D eigenvalue weighted by Crippen LogP contribution is -2.34. The second-order valence-electron chi connectivity index (χ2n) is 5.73. The van der Waals surface area contributed by atoms with E-state index in [2.05, 4.69) is 10.6 Å². The van der Waals surface area contributed by atoms with Crippen LogP contribution in [-0.2, 0) is 4.79 Å². The van der Waals surface area contributed by atoms with Crippen molar-refractivity contribution in [1.29, 1.82) is 0 Å². The van der Waals surface area contributed by atoms with Crippen molar-refractivity contribution in [2.24, 2.45) is 0 Å². The van der Waals surface area contributed by atoms with Crippen molar-refractivity contribution >= 4 is 29.5 Å². The molecule has 2 N–H and O–H groups in total. The molecule has 27 heavy (non-hydrogen) atoms. The van der Waals surface area contributed by atoms with Crippen LogP contribution in [0, 0.1) is 12.7 Å². The maximum Gasteiger partial charge on any atom is 0.251 e. The summed E-state index contributed by atoms with van der Waals surface area (Å²) in [4.78, 5) is 23.8. The first-order valence-corrected chi connectivity index (χ1v) is 8.62. The molecule has 0 fully saturated rings. The molecule has 0 aliphatic carbocycles. The lowest BCUT2D eigenvalue weighted by atomic mass is 10.1. The van der Waals surface area contributed by atoms with Gasteiger partial charge in [-0.15, -0.1) is 0 Å². The monoisotopic (exact) mass is 390 g/mol. The minimum absolute atomic E-state index is 0.217. The van der Waals surface area contributed by atoms with E-state index in [0.717, 1.165) is 0 Å². The van der Waals surface area contributed by atoms with Gasteiger partial charge < -0.3 is 15.4 Å². The molecule has 0 radical (unpaired) electrons. The third-order valence-electron chi connectivity index (χ3n) is 3.75. The Kier molecular flexibility index (Phi) is 7.37. The van der Waals surface area contributed by atoms with Crippen LogP contribution in [-0.4, -0.2) is 32.0 Å². The molecule has 2 rings (SSSR count). The summed E-state index contributed by atoms with van der Waals surface area (Å²) >= 11 is 5.94. The number of methoxy groups -OCH3 is 1. The number of carbonyl (C=O) groups excluding carboxylic acids is 2. The van der Waals surface area contributed by atoms with E-state index in [-0.39, 0.29) is 24.6 Å². The molecule has 0 bridgehead atoms. The number of amides is 2. The summed E-state index contributed by atoms with van der Waals surface area (Å²) in [6.45, 7) is 2.07. The lowest BCUT2D eigenvalue weighted by molar-refractivity contribution is -0.116. The average molecular weight is 391 g/mol. The van der Waals surface area contributed by atoms with E-state index in [1.54, 1.807) is 43.3 Å². The van der Waals surface area contributed by atoms with Gasteiger partial charge in [0, 0.05) is 35.3 Å². The molecular formula is C20H20ClFN2O3. The number of hydrogen-bond acceptors (Lipinski definition) is 3. The van der Waals surface area contributed by atoms with Crippen LogP contribution in [0.1, 0.15) is 21.5 Å². The predicted molar refractivity (Wildman–Crippen MR) is 104 cm³/mol. The van der Waals surface area contributed by atoms with Crippen molar-refractivity contribution in [1.82, 2.24) is 10.6 Å². The summed E-state index contributed by atoms with van der Waals surface area (Å²) in [7, 11) is 1.53. The van der Waals surface area contributed by atoms with Gasteiger partial charge in [0.15, 0.2) is 0 Å². The molecule has 0 atom stereocenters. The van der Waals surface area contributed by atoms with Crippen LogP contribution in [0.4, 0.5) is 4.39 Å². The summed E-state index contributed by atoms with van der Waals surface area (Å²) < 4.78 is 18.7.